The largest absolute Gasteiger partial charge is 0.284 e. The van der Waals surface area contributed by atoms with Gasteiger partial charge in [0.15, 0.2) is 0 Å². The van der Waals surface area contributed by atoms with Gasteiger partial charge in [-0.25, -0.2) is 13.1 Å². The summed E-state index contributed by atoms with van der Waals surface area (Å²) in [7, 11) is -2.44. The fraction of sp³-hybridized carbons (Fsp3) is 0.200. The van der Waals surface area contributed by atoms with Crippen LogP contribution in [0.1, 0.15) is 11.1 Å². The summed E-state index contributed by atoms with van der Waals surface area (Å²) in [6.45, 7) is 1.98. The lowest BCUT2D eigenvalue weighted by atomic mass is 10.1. The molecule has 0 unspecified atom stereocenters. The van der Waals surface area contributed by atoms with Gasteiger partial charge in [0.1, 0.15) is 0 Å². The number of thioether (sulfide) groups is 1. The lowest BCUT2D eigenvalue weighted by molar-refractivity contribution is -0.388. The van der Waals surface area contributed by atoms with E-state index in [4.69, 9.17) is 0 Å². The minimum Gasteiger partial charge on any atom is -0.258 e. The van der Waals surface area contributed by atoms with E-state index >= 15 is 0 Å². The highest BCUT2D eigenvalue weighted by atomic mass is 32.2. The molecule has 0 aromatic heterocycles. The molecule has 122 valence electrons. The Hall–Kier alpha value is -1.90. The van der Waals surface area contributed by atoms with Gasteiger partial charge in [-0.3, -0.25) is 10.1 Å². The second-order valence-electron chi connectivity index (χ2n) is 4.81. The summed E-state index contributed by atoms with van der Waals surface area (Å²) < 4.78 is 25.7. The topological polar surface area (TPSA) is 89.3 Å². The van der Waals surface area contributed by atoms with E-state index in [0.717, 1.165) is 17.2 Å². The van der Waals surface area contributed by atoms with Gasteiger partial charge in [-0.15, -0.1) is 11.8 Å². The predicted octanol–water partition coefficient (Wildman–Crippen LogP) is 3.10. The summed E-state index contributed by atoms with van der Waals surface area (Å²) in [6, 6.07) is 11.7. The van der Waals surface area contributed by atoms with Crippen LogP contribution in [0.15, 0.2) is 52.3 Å². The van der Waals surface area contributed by atoms with E-state index in [2.05, 4.69) is 4.72 Å². The van der Waals surface area contributed by atoms with Crippen LogP contribution in [0.5, 0.6) is 0 Å². The molecule has 0 fully saturated rings. The zero-order valence-corrected chi connectivity index (χ0v) is 14.3. The van der Waals surface area contributed by atoms with Crippen molar-refractivity contribution in [3.05, 3.63) is 63.7 Å². The van der Waals surface area contributed by atoms with Gasteiger partial charge >= 0.3 is 0 Å². The molecule has 0 aliphatic rings. The minimum atomic E-state index is -3.71. The second kappa shape index (κ2) is 7.12. The number of hydrogen-bond acceptors (Lipinski definition) is 5. The van der Waals surface area contributed by atoms with Gasteiger partial charge in [0.2, 0.25) is 10.0 Å². The highest BCUT2D eigenvalue weighted by Crippen LogP contribution is 2.33. The molecule has 0 spiro atoms. The zero-order valence-electron chi connectivity index (χ0n) is 12.6. The van der Waals surface area contributed by atoms with Gasteiger partial charge < -0.3 is 0 Å². The smallest absolute Gasteiger partial charge is 0.258 e. The summed E-state index contributed by atoms with van der Waals surface area (Å²) in [5.74, 6) is 0.575. The molecule has 0 aliphatic heterocycles. The number of sulfonamides is 1. The molecule has 0 radical (unpaired) electrons. The van der Waals surface area contributed by atoms with Crippen molar-refractivity contribution < 1.29 is 13.3 Å². The molecule has 0 heterocycles. The number of benzene rings is 2. The van der Waals surface area contributed by atoms with Crippen molar-refractivity contribution in [2.45, 2.75) is 22.5 Å². The number of nitrogens with zero attached hydrogens (tertiary/aromatic N) is 1. The molecule has 2 aromatic rings. The van der Waals surface area contributed by atoms with E-state index in [1.54, 1.807) is 0 Å². The Balaban J connectivity index is 2.32. The summed E-state index contributed by atoms with van der Waals surface area (Å²) in [5.41, 5.74) is 1.98. The summed E-state index contributed by atoms with van der Waals surface area (Å²) in [6.07, 6.45) is 0. The van der Waals surface area contributed by atoms with Crippen molar-refractivity contribution in [2.75, 3.05) is 7.05 Å². The fourth-order valence-electron chi connectivity index (χ4n) is 1.97. The monoisotopic (exact) mass is 352 g/mol. The van der Waals surface area contributed by atoms with Crippen molar-refractivity contribution in [1.82, 2.24) is 4.72 Å². The molecule has 0 aliphatic carbocycles. The molecule has 0 saturated heterocycles. The van der Waals surface area contributed by atoms with E-state index in [-0.39, 0.29) is 10.6 Å². The Kier molecular flexibility index (Phi) is 5.40. The molecular weight excluding hydrogens is 336 g/mol. The third-order valence-corrected chi connectivity index (χ3v) is 5.87. The Bertz CT molecular complexity index is 835. The lowest BCUT2D eigenvalue weighted by Crippen LogP contribution is -2.18. The van der Waals surface area contributed by atoms with Crippen LogP contribution in [0.2, 0.25) is 0 Å². The molecule has 23 heavy (non-hydrogen) atoms. The maximum absolute atomic E-state index is 11.8. The standard InChI is InChI=1S/C15H16N2O4S2/c1-11-5-3-4-6-12(11)10-22-15-8-7-13(23(20,21)16-2)9-14(15)17(18)19/h3-9,16H,10H2,1-2H3. The molecule has 6 nitrogen and oxygen atoms in total. The Morgan fingerprint density at radius 3 is 2.52 bits per heavy atom. The Morgan fingerprint density at radius 1 is 1.22 bits per heavy atom. The average Bonchev–Trinajstić information content (AvgIpc) is 2.53. The van der Waals surface area contributed by atoms with E-state index in [9.17, 15) is 18.5 Å². The number of hydrogen-bond donors (Lipinski definition) is 1. The number of rotatable bonds is 6. The van der Waals surface area contributed by atoms with Crippen molar-refractivity contribution in [1.29, 1.82) is 0 Å². The maximum Gasteiger partial charge on any atom is 0.284 e. The third-order valence-electron chi connectivity index (χ3n) is 3.35. The normalized spacial score (nSPS) is 11.4. The molecule has 0 saturated carbocycles. The van der Waals surface area contributed by atoms with Crippen LogP contribution >= 0.6 is 11.8 Å². The Labute approximate surface area is 139 Å². The molecule has 2 aromatic carbocycles. The van der Waals surface area contributed by atoms with E-state index in [1.807, 2.05) is 31.2 Å². The first-order valence-electron chi connectivity index (χ1n) is 6.74. The van der Waals surface area contributed by atoms with Gasteiger partial charge in [0.25, 0.3) is 5.69 Å². The molecule has 1 N–H and O–H groups in total. The van der Waals surface area contributed by atoms with Crippen LogP contribution in [-0.2, 0) is 15.8 Å². The minimum absolute atomic E-state index is 0.119. The van der Waals surface area contributed by atoms with E-state index in [1.165, 1.54) is 30.9 Å². The van der Waals surface area contributed by atoms with Crippen molar-refractivity contribution >= 4 is 27.5 Å². The second-order valence-corrected chi connectivity index (χ2v) is 7.71. The summed E-state index contributed by atoms with van der Waals surface area (Å²) in [4.78, 5) is 11.0. The summed E-state index contributed by atoms with van der Waals surface area (Å²) in [5, 5.41) is 11.2. The van der Waals surface area contributed by atoms with Crippen LogP contribution in [0.4, 0.5) is 5.69 Å². The van der Waals surface area contributed by atoms with Crippen molar-refractivity contribution in [3.63, 3.8) is 0 Å². The number of aryl methyl sites for hydroxylation is 1. The van der Waals surface area contributed by atoms with Crippen LogP contribution in [0, 0.1) is 17.0 Å². The molecule has 2 rings (SSSR count). The van der Waals surface area contributed by atoms with Crippen LogP contribution in [0.3, 0.4) is 0 Å². The molecule has 8 heteroatoms. The third kappa shape index (κ3) is 4.10. The SMILES string of the molecule is CNS(=O)(=O)c1ccc(SCc2ccccc2C)c([N+](=O)[O-])c1. The first-order valence-corrected chi connectivity index (χ1v) is 9.21. The maximum atomic E-state index is 11.8. The van der Waals surface area contributed by atoms with Crippen molar-refractivity contribution in [2.24, 2.45) is 0 Å². The first-order chi connectivity index (χ1) is 10.8. The number of nitrogens with one attached hydrogen (secondary N) is 1. The quantitative estimate of drug-likeness (QED) is 0.490. The van der Waals surface area contributed by atoms with Crippen molar-refractivity contribution in [3.8, 4) is 0 Å². The van der Waals surface area contributed by atoms with Crippen LogP contribution < -0.4 is 4.72 Å². The molecular formula is C15H16N2O4S2. The average molecular weight is 352 g/mol. The fourth-order valence-corrected chi connectivity index (χ4v) is 3.80. The first kappa shape index (κ1) is 17.5. The van der Waals surface area contributed by atoms with Gasteiger partial charge in [0.05, 0.1) is 14.7 Å². The lowest BCUT2D eigenvalue weighted by Gasteiger charge is -2.08. The Morgan fingerprint density at radius 2 is 1.91 bits per heavy atom. The number of nitro benzene ring substituents is 1. The van der Waals surface area contributed by atoms with E-state index in [0.29, 0.717) is 10.6 Å². The highest BCUT2D eigenvalue weighted by molar-refractivity contribution is 7.98. The highest BCUT2D eigenvalue weighted by Gasteiger charge is 2.20. The predicted molar refractivity (Wildman–Crippen MR) is 90.1 cm³/mol. The van der Waals surface area contributed by atoms with Crippen LogP contribution in [-0.4, -0.2) is 20.4 Å². The van der Waals surface area contributed by atoms with Gasteiger partial charge in [-0.05, 0) is 37.2 Å². The molecule has 0 bridgehead atoms. The van der Waals surface area contributed by atoms with Gasteiger partial charge in [-0.1, -0.05) is 24.3 Å². The van der Waals surface area contributed by atoms with Gasteiger partial charge in [0, 0.05) is 11.8 Å². The van der Waals surface area contributed by atoms with Gasteiger partial charge in [-0.2, -0.15) is 0 Å². The number of nitro groups is 1. The zero-order chi connectivity index (χ0) is 17.0. The van der Waals surface area contributed by atoms with Crippen LogP contribution in [0.25, 0.3) is 0 Å². The summed E-state index contributed by atoms with van der Waals surface area (Å²) >= 11 is 1.31. The van der Waals surface area contributed by atoms with E-state index < -0.39 is 14.9 Å². The molecule has 0 atom stereocenters. The molecule has 0 amide bonds.